The molecular weight excluding hydrogens is 546 g/mol. The number of carbonyl (C=O) groups excluding carboxylic acids is 2. The molecule has 0 aliphatic rings. The Morgan fingerprint density at radius 3 is 2.17 bits per heavy atom. The summed E-state index contributed by atoms with van der Waals surface area (Å²) in [5.41, 5.74) is 3.69. The van der Waals surface area contributed by atoms with E-state index in [2.05, 4.69) is 5.32 Å². The summed E-state index contributed by atoms with van der Waals surface area (Å²) in [5.74, 6) is -0.799. The lowest BCUT2D eigenvalue weighted by Gasteiger charge is -2.33. The van der Waals surface area contributed by atoms with Gasteiger partial charge in [-0.2, -0.15) is 0 Å². The Kier molecular flexibility index (Phi) is 10.4. The molecule has 0 bridgehead atoms. The Morgan fingerprint density at radius 2 is 1.57 bits per heavy atom. The van der Waals surface area contributed by atoms with Crippen LogP contribution in [0.15, 0.2) is 71.6 Å². The summed E-state index contributed by atoms with van der Waals surface area (Å²) in [7, 11) is -4.14. The van der Waals surface area contributed by atoms with Gasteiger partial charge in [-0.05, 0) is 88.1 Å². The van der Waals surface area contributed by atoms with E-state index < -0.39 is 28.5 Å². The van der Waals surface area contributed by atoms with Gasteiger partial charge in [0.15, 0.2) is 0 Å². The van der Waals surface area contributed by atoms with Crippen molar-refractivity contribution in [3.05, 3.63) is 94.0 Å². The highest BCUT2D eigenvalue weighted by Crippen LogP contribution is 2.29. The lowest BCUT2D eigenvalue weighted by Crippen LogP contribution is -2.52. The van der Waals surface area contributed by atoms with E-state index in [0.29, 0.717) is 16.3 Å². The molecule has 40 heavy (non-hydrogen) atoms. The third kappa shape index (κ3) is 7.43. The van der Waals surface area contributed by atoms with Crippen LogP contribution in [0.1, 0.15) is 49.4 Å². The molecule has 7 nitrogen and oxygen atoms in total. The summed E-state index contributed by atoms with van der Waals surface area (Å²) in [6.07, 6.45) is 0.739. The highest BCUT2D eigenvalue weighted by Gasteiger charge is 2.33. The molecule has 3 aromatic carbocycles. The fourth-order valence-corrected chi connectivity index (χ4v) is 5.97. The van der Waals surface area contributed by atoms with Crippen LogP contribution in [0.4, 0.5) is 5.69 Å². The molecule has 2 amide bonds. The minimum absolute atomic E-state index is 0.0632. The second kappa shape index (κ2) is 13.3. The fraction of sp³-hybridized carbons (Fsp3) is 0.355. The first-order valence-corrected chi connectivity index (χ1v) is 15.2. The highest BCUT2D eigenvalue weighted by atomic mass is 35.5. The molecule has 0 fully saturated rings. The monoisotopic (exact) mass is 583 g/mol. The molecule has 0 saturated carbocycles. The lowest BCUT2D eigenvalue weighted by atomic mass is 10.1. The Morgan fingerprint density at radius 1 is 0.925 bits per heavy atom. The minimum atomic E-state index is -4.14. The third-order valence-electron chi connectivity index (χ3n) is 7.09. The lowest BCUT2D eigenvalue weighted by molar-refractivity contribution is -0.139. The van der Waals surface area contributed by atoms with E-state index in [9.17, 15) is 18.0 Å². The molecule has 214 valence electrons. The van der Waals surface area contributed by atoms with E-state index >= 15 is 0 Å². The van der Waals surface area contributed by atoms with Gasteiger partial charge in [-0.15, -0.1) is 0 Å². The van der Waals surface area contributed by atoms with E-state index in [4.69, 9.17) is 11.6 Å². The Balaban J connectivity index is 2.07. The first-order chi connectivity index (χ1) is 18.8. The van der Waals surface area contributed by atoms with Crippen molar-refractivity contribution in [2.24, 2.45) is 0 Å². The van der Waals surface area contributed by atoms with Crippen LogP contribution in [0.2, 0.25) is 5.02 Å². The molecule has 0 aliphatic carbocycles. The van der Waals surface area contributed by atoms with Gasteiger partial charge in [0.05, 0.1) is 10.6 Å². The van der Waals surface area contributed by atoms with Crippen LogP contribution in [-0.2, 0) is 26.2 Å². The molecule has 2 atom stereocenters. The average molecular weight is 584 g/mol. The molecular formula is C31H38ClN3O4S. The summed E-state index contributed by atoms with van der Waals surface area (Å²) < 4.78 is 29.1. The van der Waals surface area contributed by atoms with E-state index in [1.54, 1.807) is 44.2 Å². The third-order valence-corrected chi connectivity index (χ3v) is 9.09. The molecule has 0 saturated heterocycles. The number of aryl methyl sites for hydroxylation is 3. The zero-order valence-corrected chi connectivity index (χ0v) is 25.5. The van der Waals surface area contributed by atoms with E-state index in [-0.39, 0.29) is 23.4 Å². The number of nitrogens with zero attached hydrogens (tertiary/aromatic N) is 2. The number of nitrogens with one attached hydrogen (secondary N) is 1. The van der Waals surface area contributed by atoms with Crippen molar-refractivity contribution in [2.45, 2.75) is 71.5 Å². The molecule has 0 aromatic heterocycles. The van der Waals surface area contributed by atoms with Crippen molar-refractivity contribution in [3.8, 4) is 0 Å². The van der Waals surface area contributed by atoms with Crippen LogP contribution in [-0.4, -0.2) is 43.8 Å². The van der Waals surface area contributed by atoms with Crippen LogP contribution in [0, 0.1) is 20.8 Å². The molecule has 1 N–H and O–H groups in total. The summed E-state index contributed by atoms with van der Waals surface area (Å²) in [6.45, 7) is 10.7. The molecule has 3 aromatic rings. The number of sulfonamides is 1. The standard InChI is InChI=1S/C31H38ClN3O4S/c1-7-24(5)33-31(37)25(6)34(19-26-11-9-8-10-22(26)3)30(36)20-35(29-17-14-27(32)18-23(29)4)40(38,39)28-15-12-21(2)13-16-28/h8-18,24-25H,7,19-20H2,1-6H3,(H,33,37)/t24-,25-/m0/s1. The van der Waals surface area contributed by atoms with Gasteiger partial charge < -0.3 is 10.2 Å². The maximum absolute atomic E-state index is 14.1. The quantitative estimate of drug-likeness (QED) is 0.309. The first kappa shape index (κ1) is 31.2. The molecule has 3 rings (SSSR count). The maximum atomic E-state index is 14.1. The van der Waals surface area contributed by atoms with Crippen molar-refractivity contribution >= 4 is 39.1 Å². The SMILES string of the molecule is CC[C@H](C)NC(=O)[C@H](C)N(Cc1ccccc1C)C(=O)CN(c1ccc(Cl)cc1C)S(=O)(=O)c1ccc(C)cc1. The number of amides is 2. The van der Waals surface area contributed by atoms with Crippen molar-refractivity contribution in [3.63, 3.8) is 0 Å². The summed E-state index contributed by atoms with van der Waals surface area (Å²) in [5, 5.41) is 3.40. The average Bonchev–Trinajstić information content (AvgIpc) is 2.91. The van der Waals surface area contributed by atoms with Crippen LogP contribution < -0.4 is 9.62 Å². The number of anilines is 1. The second-order valence-electron chi connectivity index (χ2n) is 10.2. The van der Waals surface area contributed by atoms with Gasteiger partial charge >= 0.3 is 0 Å². The summed E-state index contributed by atoms with van der Waals surface area (Å²) in [6, 6.07) is 18.1. The smallest absolute Gasteiger partial charge is 0.264 e. The van der Waals surface area contributed by atoms with Crippen LogP contribution in [0.5, 0.6) is 0 Å². The Bertz CT molecular complexity index is 1460. The van der Waals surface area contributed by atoms with Gasteiger partial charge in [0, 0.05) is 17.6 Å². The Hall–Kier alpha value is -3.36. The molecule has 0 radical (unpaired) electrons. The minimum Gasteiger partial charge on any atom is -0.352 e. The van der Waals surface area contributed by atoms with Gasteiger partial charge in [0.1, 0.15) is 12.6 Å². The topological polar surface area (TPSA) is 86.8 Å². The fourth-order valence-electron chi connectivity index (χ4n) is 4.27. The number of hydrogen-bond acceptors (Lipinski definition) is 4. The van der Waals surface area contributed by atoms with Gasteiger partial charge in [-0.1, -0.05) is 60.5 Å². The largest absolute Gasteiger partial charge is 0.352 e. The van der Waals surface area contributed by atoms with Crippen molar-refractivity contribution in [2.75, 3.05) is 10.8 Å². The number of carbonyl (C=O) groups is 2. The number of halogens is 1. The summed E-state index contributed by atoms with van der Waals surface area (Å²) in [4.78, 5) is 28.8. The molecule has 9 heteroatoms. The number of rotatable bonds is 11. The van der Waals surface area contributed by atoms with E-state index in [0.717, 1.165) is 27.4 Å². The van der Waals surface area contributed by atoms with Gasteiger partial charge in [0.25, 0.3) is 10.0 Å². The normalized spacial score (nSPS) is 12.9. The second-order valence-corrected chi connectivity index (χ2v) is 12.5. The van der Waals surface area contributed by atoms with E-state index in [1.165, 1.54) is 17.0 Å². The zero-order chi connectivity index (χ0) is 29.6. The number of benzene rings is 3. The van der Waals surface area contributed by atoms with Crippen LogP contribution >= 0.6 is 11.6 Å². The predicted molar refractivity (Wildman–Crippen MR) is 161 cm³/mol. The van der Waals surface area contributed by atoms with Crippen molar-refractivity contribution in [1.29, 1.82) is 0 Å². The van der Waals surface area contributed by atoms with Gasteiger partial charge in [-0.3, -0.25) is 13.9 Å². The Labute approximate surface area is 243 Å². The van der Waals surface area contributed by atoms with Gasteiger partial charge in [0.2, 0.25) is 11.8 Å². The first-order valence-electron chi connectivity index (χ1n) is 13.3. The van der Waals surface area contributed by atoms with Crippen molar-refractivity contribution < 1.29 is 18.0 Å². The summed E-state index contributed by atoms with van der Waals surface area (Å²) >= 11 is 6.17. The van der Waals surface area contributed by atoms with Crippen molar-refractivity contribution in [1.82, 2.24) is 10.2 Å². The maximum Gasteiger partial charge on any atom is 0.264 e. The molecule has 0 aliphatic heterocycles. The number of hydrogen-bond donors (Lipinski definition) is 1. The predicted octanol–water partition coefficient (Wildman–Crippen LogP) is 5.79. The highest BCUT2D eigenvalue weighted by molar-refractivity contribution is 7.92. The molecule has 0 unspecified atom stereocenters. The van der Waals surface area contributed by atoms with E-state index in [1.807, 2.05) is 52.0 Å². The van der Waals surface area contributed by atoms with Crippen LogP contribution in [0.3, 0.4) is 0 Å². The van der Waals surface area contributed by atoms with Gasteiger partial charge in [-0.25, -0.2) is 8.42 Å². The molecule has 0 heterocycles. The van der Waals surface area contributed by atoms with Crippen LogP contribution in [0.25, 0.3) is 0 Å². The molecule has 0 spiro atoms. The zero-order valence-electron chi connectivity index (χ0n) is 23.9.